The maximum absolute atomic E-state index is 12.4. The van der Waals surface area contributed by atoms with Crippen molar-refractivity contribution in [1.82, 2.24) is 4.90 Å². The summed E-state index contributed by atoms with van der Waals surface area (Å²) in [5.74, 6) is 0.270. The molecule has 1 amide bonds. The molecule has 2 nitrogen and oxygen atoms in total. The lowest BCUT2D eigenvalue weighted by Gasteiger charge is -2.24. The Morgan fingerprint density at radius 3 is 3.06 bits per heavy atom. The van der Waals surface area contributed by atoms with Gasteiger partial charge in [-0.2, -0.15) is 11.3 Å². The fourth-order valence-corrected chi connectivity index (χ4v) is 3.94. The molecule has 3 rings (SSSR count). The van der Waals surface area contributed by atoms with Gasteiger partial charge >= 0.3 is 0 Å². The fraction of sp³-hybridized carbons (Fsp3) is 0.357. The van der Waals surface area contributed by atoms with Crippen molar-refractivity contribution in [3.8, 4) is 0 Å². The molecule has 0 aromatic carbocycles. The van der Waals surface area contributed by atoms with Gasteiger partial charge in [0.05, 0.1) is 12.5 Å². The molecule has 2 aromatic heterocycles. The van der Waals surface area contributed by atoms with E-state index < -0.39 is 0 Å². The van der Waals surface area contributed by atoms with Crippen molar-refractivity contribution in [2.75, 3.05) is 6.54 Å². The predicted molar refractivity (Wildman–Crippen MR) is 76.0 cm³/mol. The lowest BCUT2D eigenvalue weighted by molar-refractivity contribution is -0.131. The summed E-state index contributed by atoms with van der Waals surface area (Å²) in [6.45, 7) is 0.907. The molecule has 1 saturated heterocycles. The van der Waals surface area contributed by atoms with E-state index in [1.807, 2.05) is 17.5 Å². The van der Waals surface area contributed by atoms with Gasteiger partial charge < -0.3 is 4.90 Å². The van der Waals surface area contributed by atoms with Crippen LogP contribution in [0.3, 0.4) is 0 Å². The molecule has 2 aromatic rings. The third-order valence-electron chi connectivity index (χ3n) is 3.41. The number of amides is 1. The Bertz CT molecular complexity index is 504. The van der Waals surface area contributed by atoms with Gasteiger partial charge in [-0.05, 0) is 46.7 Å². The maximum Gasteiger partial charge on any atom is 0.228 e. The molecule has 3 heterocycles. The number of rotatable bonds is 3. The van der Waals surface area contributed by atoms with Crippen LogP contribution in [0.4, 0.5) is 0 Å². The van der Waals surface area contributed by atoms with E-state index in [4.69, 9.17) is 0 Å². The zero-order chi connectivity index (χ0) is 12.4. The third-order valence-corrected chi connectivity index (χ3v) is 4.98. The zero-order valence-electron chi connectivity index (χ0n) is 10.0. The summed E-state index contributed by atoms with van der Waals surface area (Å²) in [5, 5.41) is 6.29. The number of carbonyl (C=O) groups is 1. The Balaban J connectivity index is 1.73. The second-order valence-electron chi connectivity index (χ2n) is 4.56. The average Bonchev–Trinajstić information content (AvgIpc) is 3.11. The maximum atomic E-state index is 12.4. The molecule has 0 bridgehead atoms. The minimum atomic E-state index is 0.270. The SMILES string of the molecule is O=C(Cc1cccs1)N1CCC[C@H]1c1ccsc1. The molecule has 0 N–H and O–H groups in total. The lowest BCUT2D eigenvalue weighted by atomic mass is 10.1. The van der Waals surface area contributed by atoms with Crippen molar-refractivity contribution in [1.29, 1.82) is 0 Å². The van der Waals surface area contributed by atoms with Gasteiger partial charge in [0.25, 0.3) is 0 Å². The first kappa shape index (κ1) is 11.9. The van der Waals surface area contributed by atoms with Crippen LogP contribution in [0.2, 0.25) is 0 Å². The highest BCUT2D eigenvalue weighted by molar-refractivity contribution is 7.10. The quantitative estimate of drug-likeness (QED) is 0.837. The summed E-state index contributed by atoms with van der Waals surface area (Å²) < 4.78 is 0. The van der Waals surface area contributed by atoms with E-state index in [0.717, 1.165) is 24.3 Å². The monoisotopic (exact) mass is 277 g/mol. The van der Waals surface area contributed by atoms with Crippen molar-refractivity contribution in [2.24, 2.45) is 0 Å². The zero-order valence-corrected chi connectivity index (χ0v) is 11.7. The highest BCUT2D eigenvalue weighted by atomic mass is 32.1. The van der Waals surface area contributed by atoms with Crippen LogP contribution in [0.1, 0.15) is 29.3 Å². The van der Waals surface area contributed by atoms with E-state index in [9.17, 15) is 4.79 Å². The molecule has 94 valence electrons. The van der Waals surface area contributed by atoms with Gasteiger partial charge in [-0.25, -0.2) is 0 Å². The summed E-state index contributed by atoms with van der Waals surface area (Å²) in [6.07, 6.45) is 2.78. The van der Waals surface area contributed by atoms with E-state index in [0.29, 0.717) is 12.5 Å². The van der Waals surface area contributed by atoms with Crippen molar-refractivity contribution in [2.45, 2.75) is 25.3 Å². The largest absolute Gasteiger partial charge is 0.335 e. The minimum Gasteiger partial charge on any atom is -0.335 e. The first-order chi connectivity index (χ1) is 8.84. The van der Waals surface area contributed by atoms with Crippen LogP contribution in [-0.4, -0.2) is 17.4 Å². The molecule has 0 radical (unpaired) electrons. The van der Waals surface area contributed by atoms with E-state index in [2.05, 4.69) is 21.7 Å². The molecule has 0 unspecified atom stereocenters. The second-order valence-corrected chi connectivity index (χ2v) is 6.37. The number of nitrogens with zero attached hydrogens (tertiary/aromatic N) is 1. The Morgan fingerprint density at radius 1 is 1.39 bits per heavy atom. The molecule has 0 saturated carbocycles. The van der Waals surface area contributed by atoms with Gasteiger partial charge in [0.1, 0.15) is 0 Å². The number of thiophene rings is 2. The molecule has 0 aliphatic carbocycles. The van der Waals surface area contributed by atoms with E-state index in [1.54, 1.807) is 22.7 Å². The minimum absolute atomic E-state index is 0.270. The molecule has 0 spiro atoms. The number of carbonyl (C=O) groups excluding carboxylic acids is 1. The van der Waals surface area contributed by atoms with E-state index in [-0.39, 0.29) is 5.91 Å². The summed E-state index contributed by atoms with van der Waals surface area (Å²) in [6, 6.07) is 6.50. The molecule has 4 heteroatoms. The van der Waals surface area contributed by atoms with Crippen LogP contribution in [0.5, 0.6) is 0 Å². The van der Waals surface area contributed by atoms with Crippen molar-refractivity contribution in [3.05, 3.63) is 44.8 Å². The Kier molecular flexibility index (Phi) is 3.48. The molecular formula is C14H15NOS2. The van der Waals surface area contributed by atoms with Gasteiger partial charge in [0, 0.05) is 11.4 Å². The highest BCUT2D eigenvalue weighted by Gasteiger charge is 2.29. The third kappa shape index (κ3) is 2.35. The number of likely N-dealkylation sites (tertiary alicyclic amines) is 1. The summed E-state index contributed by atoms with van der Waals surface area (Å²) in [4.78, 5) is 15.6. The molecule has 1 fully saturated rings. The topological polar surface area (TPSA) is 20.3 Å². The Labute approximate surface area is 115 Å². The van der Waals surface area contributed by atoms with Crippen LogP contribution >= 0.6 is 22.7 Å². The number of hydrogen-bond acceptors (Lipinski definition) is 3. The molecule has 1 aliphatic heterocycles. The smallest absolute Gasteiger partial charge is 0.228 e. The second kappa shape index (κ2) is 5.24. The first-order valence-corrected chi connectivity index (χ1v) is 8.01. The van der Waals surface area contributed by atoms with Crippen LogP contribution in [-0.2, 0) is 11.2 Å². The van der Waals surface area contributed by atoms with Gasteiger partial charge in [0.15, 0.2) is 0 Å². The first-order valence-electron chi connectivity index (χ1n) is 6.18. The highest BCUT2D eigenvalue weighted by Crippen LogP contribution is 2.33. The molecular weight excluding hydrogens is 262 g/mol. The standard InChI is InChI=1S/C14H15NOS2/c16-14(9-12-3-2-7-18-12)15-6-1-4-13(15)11-5-8-17-10-11/h2-3,5,7-8,10,13H,1,4,6,9H2/t13-/m0/s1. The molecule has 18 heavy (non-hydrogen) atoms. The average molecular weight is 277 g/mol. The molecule has 1 aliphatic rings. The number of hydrogen-bond donors (Lipinski definition) is 0. The fourth-order valence-electron chi connectivity index (χ4n) is 2.54. The van der Waals surface area contributed by atoms with Gasteiger partial charge in [-0.15, -0.1) is 11.3 Å². The van der Waals surface area contributed by atoms with Crippen LogP contribution in [0.25, 0.3) is 0 Å². The Hall–Kier alpha value is -1.13. The van der Waals surface area contributed by atoms with Crippen LogP contribution in [0.15, 0.2) is 34.3 Å². The van der Waals surface area contributed by atoms with Crippen LogP contribution < -0.4 is 0 Å². The van der Waals surface area contributed by atoms with E-state index in [1.165, 1.54) is 5.56 Å². The lowest BCUT2D eigenvalue weighted by Crippen LogP contribution is -2.31. The summed E-state index contributed by atoms with van der Waals surface area (Å²) in [7, 11) is 0. The Morgan fingerprint density at radius 2 is 2.33 bits per heavy atom. The van der Waals surface area contributed by atoms with E-state index >= 15 is 0 Å². The van der Waals surface area contributed by atoms with Gasteiger partial charge in [-0.1, -0.05) is 6.07 Å². The summed E-state index contributed by atoms with van der Waals surface area (Å²) in [5.41, 5.74) is 1.30. The van der Waals surface area contributed by atoms with Crippen molar-refractivity contribution in [3.63, 3.8) is 0 Å². The predicted octanol–water partition coefficient (Wildman–Crippen LogP) is 3.72. The van der Waals surface area contributed by atoms with Gasteiger partial charge in [0.2, 0.25) is 5.91 Å². The van der Waals surface area contributed by atoms with Crippen molar-refractivity contribution < 1.29 is 4.79 Å². The summed E-state index contributed by atoms with van der Waals surface area (Å²) >= 11 is 3.37. The van der Waals surface area contributed by atoms with Crippen LogP contribution in [0, 0.1) is 0 Å². The van der Waals surface area contributed by atoms with Gasteiger partial charge in [-0.3, -0.25) is 4.79 Å². The normalized spacial score (nSPS) is 19.3. The van der Waals surface area contributed by atoms with Crippen molar-refractivity contribution >= 4 is 28.6 Å². The molecule has 1 atom stereocenters.